The second-order valence-electron chi connectivity index (χ2n) is 5.60. The quantitative estimate of drug-likeness (QED) is 0.811. The Bertz CT molecular complexity index is 431. The second-order valence-corrected chi connectivity index (χ2v) is 6.01. The highest BCUT2D eigenvalue weighted by Gasteiger charge is 2.26. The topological polar surface area (TPSA) is 29.3 Å². The van der Waals surface area contributed by atoms with Gasteiger partial charge in [0.25, 0.3) is 0 Å². The van der Waals surface area contributed by atoms with E-state index in [9.17, 15) is 0 Å². The maximum absolute atomic E-state index is 6.15. The summed E-state index contributed by atoms with van der Waals surface area (Å²) in [6.07, 6.45) is 5.31. The van der Waals surface area contributed by atoms with E-state index in [1.807, 2.05) is 12.1 Å². The molecule has 0 saturated heterocycles. The van der Waals surface area contributed by atoms with Crippen LogP contribution in [0, 0.1) is 12.8 Å². The first kappa shape index (κ1) is 13.5. The van der Waals surface area contributed by atoms with Crippen molar-refractivity contribution >= 4 is 23.0 Å². The first-order chi connectivity index (χ1) is 8.50. The Morgan fingerprint density at radius 2 is 1.94 bits per heavy atom. The van der Waals surface area contributed by atoms with Gasteiger partial charge in [0.2, 0.25) is 0 Å². The fourth-order valence-corrected chi connectivity index (χ4v) is 3.28. The molecular formula is C15H23ClN2. The molecule has 0 bridgehead atoms. The Hall–Kier alpha value is -0.890. The van der Waals surface area contributed by atoms with Crippen LogP contribution in [0.5, 0.6) is 0 Å². The first-order valence-corrected chi connectivity index (χ1v) is 7.17. The number of halogens is 1. The number of nitrogens with two attached hydrogens (primary N) is 1. The van der Waals surface area contributed by atoms with Crippen molar-refractivity contribution < 1.29 is 0 Å². The molecule has 1 aliphatic rings. The van der Waals surface area contributed by atoms with Crippen molar-refractivity contribution in [2.24, 2.45) is 5.92 Å². The van der Waals surface area contributed by atoms with Crippen LogP contribution in [0.1, 0.15) is 38.2 Å². The molecule has 1 saturated carbocycles. The molecule has 1 aromatic rings. The summed E-state index contributed by atoms with van der Waals surface area (Å²) in [5, 5.41) is 0.658. The summed E-state index contributed by atoms with van der Waals surface area (Å²) in [7, 11) is 2.18. The smallest absolute Gasteiger partial charge is 0.0656 e. The lowest BCUT2D eigenvalue weighted by Gasteiger charge is -2.38. The Labute approximate surface area is 115 Å². The van der Waals surface area contributed by atoms with E-state index in [-0.39, 0.29) is 0 Å². The molecule has 1 fully saturated rings. The number of benzene rings is 1. The lowest BCUT2D eigenvalue weighted by molar-refractivity contribution is 0.321. The van der Waals surface area contributed by atoms with Gasteiger partial charge in [-0.05, 0) is 43.4 Å². The van der Waals surface area contributed by atoms with Gasteiger partial charge in [0.05, 0.1) is 10.7 Å². The van der Waals surface area contributed by atoms with Gasteiger partial charge in [0, 0.05) is 18.8 Å². The van der Waals surface area contributed by atoms with E-state index in [4.69, 9.17) is 17.3 Å². The van der Waals surface area contributed by atoms with Gasteiger partial charge in [-0.15, -0.1) is 0 Å². The molecule has 100 valence electrons. The number of hydrogen-bond donors (Lipinski definition) is 1. The summed E-state index contributed by atoms with van der Waals surface area (Å²) in [6.45, 7) is 4.46. The van der Waals surface area contributed by atoms with Crippen molar-refractivity contribution in [2.45, 2.75) is 45.6 Å². The molecule has 0 amide bonds. The van der Waals surface area contributed by atoms with E-state index in [1.54, 1.807) is 0 Å². The van der Waals surface area contributed by atoms with Gasteiger partial charge in [0.1, 0.15) is 0 Å². The molecule has 1 aliphatic carbocycles. The van der Waals surface area contributed by atoms with E-state index in [2.05, 4.69) is 25.8 Å². The molecule has 0 heterocycles. The number of hydrogen-bond acceptors (Lipinski definition) is 2. The van der Waals surface area contributed by atoms with Crippen molar-refractivity contribution in [2.75, 3.05) is 17.7 Å². The summed E-state index contributed by atoms with van der Waals surface area (Å²) >= 11 is 6.15. The predicted molar refractivity (Wildman–Crippen MR) is 80.4 cm³/mol. The Kier molecular flexibility index (Phi) is 4.06. The minimum atomic E-state index is 0.622. The molecule has 18 heavy (non-hydrogen) atoms. The number of nitrogen functional groups attached to an aromatic ring is 1. The molecule has 2 atom stereocenters. The lowest BCUT2D eigenvalue weighted by Crippen LogP contribution is -2.39. The van der Waals surface area contributed by atoms with Gasteiger partial charge in [0.15, 0.2) is 0 Å². The fraction of sp³-hybridized carbons (Fsp3) is 0.600. The molecule has 0 aliphatic heterocycles. The van der Waals surface area contributed by atoms with Gasteiger partial charge < -0.3 is 10.6 Å². The third kappa shape index (κ3) is 2.59. The summed E-state index contributed by atoms with van der Waals surface area (Å²) in [6, 6.07) is 4.60. The largest absolute Gasteiger partial charge is 0.398 e. The average molecular weight is 267 g/mol. The highest BCUT2D eigenvalue weighted by Crippen LogP contribution is 2.34. The summed E-state index contributed by atoms with van der Waals surface area (Å²) in [5.41, 5.74) is 8.94. The molecule has 2 N–H and O–H groups in total. The maximum Gasteiger partial charge on any atom is 0.0656 e. The SMILES string of the molecule is Cc1cc(N)c(Cl)cc1N(C)C1CCCCC1C. The zero-order chi connectivity index (χ0) is 13.3. The van der Waals surface area contributed by atoms with Crippen LogP contribution in [0.25, 0.3) is 0 Å². The Morgan fingerprint density at radius 3 is 2.61 bits per heavy atom. The van der Waals surface area contributed by atoms with E-state index in [0.29, 0.717) is 16.8 Å². The summed E-state index contributed by atoms with van der Waals surface area (Å²) in [5.74, 6) is 0.750. The molecule has 0 radical (unpaired) electrons. The standard InChI is InChI=1S/C15H23ClN2/c1-10-6-4-5-7-14(10)18(3)15-9-12(16)13(17)8-11(15)2/h8-10,14H,4-7,17H2,1-3H3. The van der Waals surface area contributed by atoms with Gasteiger partial charge in [-0.3, -0.25) is 0 Å². The van der Waals surface area contributed by atoms with Crippen LogP contribution >= 0.6 is 11.6 Å². The first-order valence-electron chi connectivity index (χ1n) is 6.79. The molecule has 0 spiro atoms. The van der Waals surface area contributed by atoms with Crippen molar-refractivity contribution in [1.82, 2.24) is 0 Å². The van der Waals surface area contributed by atoms with E-state index in [1.165, 1.54) is 36.9 Å². The Balaban J connectivity index is 2.27. The minimum Gasteiger partial charge on any atom is -0.398 e. The monoisotopic (exact) mass is 266 g/mol. The van der Waals surface area contributed by atoms with Gasteiger partial charge in [-0.25, -0.2) is 0 Å². The highest BCUT2D eigenvalue weighted by atomic mass is 35.5. The second kappa shape index (κ2) is 5.40. The van der Waals surface area contributed by atoms with Crippen molar-refractivity contribution in [3.05, 3.63) is 22.7 Å². The normalized spacial score (nSPS) is 24.0. The zero-order valence-corrected chi connectivity index (χ0v) is 12.3. The molecule has 0 aromatic heterocycles. The number of nitrogens with zero attached hydrogens (tertiary/aromatic N) is 1. The third-order valence-electron chi connectivity index (χ3n) is 4.26. The van der Waals surface area contributed by atoms with Crippen molar-refractivity contribution in [3.63, 3.8) is 0 Å². The molecule has 3 heteroatoms. The van der Waals surface area contributed by atoms with Crippen LogP contribution in [0.4, 0.5) is 11.4 Å². The van der Waals surface area contributed by atoms with Crippen LogP contribution in [0.3, 0.4) is 0 Å². The minimum absolute atomic E-state index is 0.622. The predicted octanol–water partition coefficient (Wildman–Crippen LogP) is 4.25. The Morgan fingerprint density at radius 1 is 1.28 bits per heavy atom. The fourth-order valence-electron chi connectivity index (χ4n) is 3.12. The maximum atomic E-state index is 6.15. The van der Waals surface area contributed by atoms with E-state index in [0.717, 1.165) is 5.92 Å². The van der Waals surface area contributed by atoms with Crippen LogP contribution < -0.4 is 10.6 Å². The van der Waals surface area contributed by atoms with Crippen molar-refractivity contribution in [1.29, 1.82) is 0 Å². The molecular weight excluding hydrogens is 244 g/mol. The molecule has 2 nitrogen and oxygen atoms in total. The van der Waals surface area contributed by atoms with Gasteiger partial charge >= 0.3 is 0 Å². The van der Waals surface area contributed by atoms with E-state index >= 15 is 0 Å². The molecule has 1 aromatic carbocycles. The third-order valence-corrected chi connectivity index (χ3v) is 4.59. The number of aryl methyl sites for hydroxylation is 1. The summed E-state index contributed by atoms with van der Waals surface area (Å²) in [4.78, 5) is 2.39. The van der Waals surface area contributed by atoms with E-state index < -0.39 is 0 Å². The van der Waals surface area contributed by atoms with Crippen molar-refractivity contribution in [3.8, 4) is 0 Å². The van der Waals surface area contributed by atoms with Crippen LogP contribution in [-0.2, 0) is 0 Å². The van der Waals surface area contributed by atoms with Gasteiger partial charge in [-0.1, -0.05) is 31.4 Å². The average Bonchev–Trinajstić information content (AvgIpc) is 2.33. The highest BCUT2D eigenvalue weighted by molar-refractivity contribution is 6.33. The zero-order valence-electron chi connectivity index (χ0n) is 11.5. The number of rotatable bonds is 2. The molecule has 2 unspecified atom stereocenters. The summed E-state index contributed by atoms with van der Waals surface area (Å²) < 4.78 is 0. The molecule has 2 rings (SSSR count). The number of anilines is 2. The van der Waals surface area contributed by atoms with Crippen LogP contribution in [-0.4, -0.2) is 13.1 Å². The van der Waals surface area contributed by atoms with Crippen LogP contribution in [0.2, 0.25) is 5.02 Å². The van der Waals surface area contributed by atoms with Crippen LogP contribution in [0.15, 0.2) is 12.1 Å². The lowest BCUT2D eigenvalue weighted by atomic mass is 9.84. The van der Waals surface area contributed by atoms with Gasteiger partial charge in [-0.2, -0.15) is 0 Å².